The van der Waals surface area contributed by atoms with Gasteiger partial charge < -0.3 is 20.3 Å². The number of nitrogens with zero attached hydrogens (tertiary/aromatic N) is 2. The molecule has 0 unspecified atom stereocenters. The first-order chi connectivity index (χ1) is 15.3. The average Bonchev–Trinajstić information content (AvgIpc) is 2.79. The van der Waals surface area contributed by atoms with Crippen molar-refractivity contribution in [3.63, 3.8) is 0 Å². The third-order valence-corrected chi connectivity index (χ3v) is 5.66. The van der Waals surface area contributed by atoms with Crippen molar-refractivity contribution in [2.24, 2.45) is 11.7 Å². The molecule has 2 N–H and O–H groups in total. The van der Waals surface area contributed by atoms with E-state index in [9.17, 15) is 14.0 Å². The molecule has 0 fully saturated rings. The number of amides is 2. The van der Waals surface area contributed by atoms with Crippen LogP contribution in [-0.2, 0) is 16.1 Å². The minimum absolute atomic E-state index is 0.0330. The van der Waals surface area contributed by atoms with E-state index in [1.54, 1.807) is 24.1 Å². The first kappa shape index (κ1) is 23.5. The molecule has 0 saturated carbocycles. The van der Waals surface area contributed by atoms with E-state index in [4.69, 9.17) is 10.5 Å². The second-order valence-electron chi connectivity index (χ2n) is 8.28. The zero-order chi connectivity index (χ0) is 23.3. The number of halogens is 1. The van der Waals surface area contributed by atoms with Gasteiger partial charge in [0.2, 0.25) is 11.8 Å². The van der Waals surface area contributed by atoms with Gasteiger partial charge in [-0.25, -0.2) is 4.39 Å². The number of hydrogen-bond donors (Lipinski definition) is 1. The number of ether oxygens (including phenoxy) is 1. The maximum Gasteiger partial charge on any atom is 0.243 e. The molecule has 2 atom stereocenters. The highest BCUT2D eigenvalue weighted by atomic mass is 19.1. The Balaban J connectivity index is 1.94. The van der Waals surface area contributed by atoms with Crippen LogP contribution in [0.1, 0.15) is 31.0 Å². The van der Waals surface area contributed by atoms with E-state index in [-0.39, 0.29) is 42.7 Å². The van der Waals surface area contributed by atoms with Crippen molar-refractivity contribution >= 4 is 11.8 Å². The van der Waals surface area contributed by atoms with Crippen LogP contribution < -0.4 is 10.5 Å². The molecular formula is C25H30FN3O3. The first-order valence-electron chi connectivity index (χ1n) is 10.7. The van der Waals surface area contributed by atoms with E-state index in [0.29, 0.717) is 6.54 Å². The molecule has 2 aromatic carbocycles. The molecule has 0 radical (unpaired) electrons. The summed E-state index contributed by atoms with van der Waals surface area (Å²) in [7, 11) is 1.60. The summed E-state index contributed by atoms with van der Waals surface area (Å²) in [5.41, 5.74) is 7.77. The van der Waals surface area contributed by atoms with E-state index < -0.39 is 6.04 Å². The van der Waals surface area contributed by atoms with Crippen LogP contribution in [0.15, 0.2) is 60.7 Å². The number of methoxy groups -OCH3 is 1. The van der Waals surface area contributed by atoms with Gasteiger partial charge in [-0.3, -0.25) is 9.59 Å². The van der Waals surface area contributed by atoms with Crippen molar-refractivity contribution in [3.05, 3.63) is 77.6 Å². The number of hydrogen-bond acceptors (Lipinski definition) is 4. The van der Waals surface area contributed by atoms with Gasteiger partial charge in [-0.05, 0) is 41.3 Å². The minimum Gasteiger partial charge on any atom is -0.497 e. The van der Waals surface area contributed by atoms with Gasteiger partial charge >= 0.3 is 0 Å². The summed E-state index contributed by atoms with van der Waals surface area (Å²) >= 11 is 0. The summed E-state index contributed by atoms with van der Waals surface area (Å²) in [6, 6.07) is 12.6. The summed E-state index contributed by atoms with van der Waals surface area (Å²) in [5.74, 6) is -0.0981. The maximum absolute atomic E-state index is 13.4. The number of rotatable bonds is 6. The Morgan fingerprint density at radius 1 is 1.16 bits per heavy atom. The zero-order valence-electron chi connectivity index (χ0n) is 18.7. The fraction of sp³-hybridized carbons (Fsp3) is 0.360. The molecule has 6 nitrogen and oxygen atoms in total. The van der Waals surface area contributed by atoms with Crippen LogP contribution in [0, 0.1) is 11.7 Å². The molecule has 7 heteroatoms. The Bertz CT molecular complexity index is 957. The van der Waals surface area contributed by atoms with E-state index in [0.717, 1.165) is 16.9 Å². The lowest BCUT2D eigenvalue weighted by molar-refractivity contribution is -0.143. The lowest BCUT2D eigenvalue weighted by Gasteiger charge is -2.35. The Hall–Kier alpha value is -3.19. The average molecular weight is 440 g/mol. The molecule has 3 rings (SSSR count). The molecular weight excluding hydrogens is 409 g/mol. The minimum atomic E-state index is -0.668. The number of nitrogens with two attached hydrogens (primary N) is 1. The van der Waals surface area contributed by atoms with Crippen molar-refractivity contribution in [1.29, 1.82) is 0 Å². The second-order valence-corrected chi connectivity index (χ2v) is 8.28. The summed E-state index contributed by atoms with van der Waals surface area (Å²) in [5, 5.41) is 0. The van der Waals surface area contributed by atoms with Crippen molar-refractivity contribution in [2.75, 3.05) is 20.2 Å². The molecule has 0 spiro atoms. The summed E-state index contributed by atoms with van der Waals surface area (Å²) in [6.45, 7) is 4.27. The van der Waals surface area contributed by atoms with Crippen LogP contribution in [-0.4, -0.2) is 47.9 Å². The third kappa shape index (κ3) is 5.53. The SMILES string of the molecule is COc1ccc([C@H]2/C=C\CN(C(=O)[C@H](N)C(C)C)CC(=O)N2Cc2ccc(F)cc2)cc1. The monoisotopic (exact) mass is 439 g/mol. The van der Waals surface area contributed by atoms with E-state index >= 15 is 0 Å². The van der Waals surface area contributed by atoms with Gasteiger partial charge in [0, 0.05) is 13.1 Å². The fourth-order valence-electron chi connectivity index (χ4n) is 3.62. The Morgan fingerprint density at radius 2 is 1.81 bits per heavy atom. The van der Waals surface area contributed by atoms with Crippen LogP contribution in [0.4, 0.5) is 4.39 Å². The van der Waals surface area contributed by atoms with Crippen molar-refractivity contribution in [2.45, 2.75) is 32.5 Å². The van der Waals surface area contributed by atoms with Gasteiger partial charge in [-0.1, -0.05) is 50.3 Å². The molecule has 0 bridgehead atoms. The molecule has 1 aliphatic heterocycles. The molecule has 32 heavy (non-hydrogen) atoms. The predicted molar refractivity (Wildman–Crippen MR) is 121 cm³/mol. The molecule has 0 aromatic heterocycles. The van der Waals surface area contributed by atoms with Gasteiger partial charge in [0.05, 0.1) is 19.2 Å². The van der Waals surface area contributed by atoms with Crippen molar-refractivity contribution < 1.29 is 18.7 Å². The molecule has 0 aliphatic carbocycles. The Morgan fingerprint density at radius 3 is 2.41 bits per heavy atom. The van der Waals surface area contributed by atoms with Gasteiger partial charge in [0.15, 0.2) is 0 Å². The van der Waals surface area contributed by atoms with Crippen molar-refractivity contribution in [3.8, 4) is 5.75 Å². The molecule has 2 aromatic rings. The van der Waals surface area contributed by atoms with Crippen LogP contribution in [0.3, 0.4) is 0 Å². The highest BCUT2D eigenvalue weighted by molar-refractivity contribution is 5.88. The molecule has 0 saturated heterocycles. The first-order valence-corrected chi connectivity index (χ1v) is 10.7. The number of carbonyl (C=O) groups is 2. The Labute approximate surface area is 188 Å². The van der Waals surface area contributed by atoms with Crippen LogP contribution >= 0.6 is 0 Å². The fourth-order valence-corrected chi connectivity index (χ4v) is 3.62. The van der Waals surface area contributed by atoms with Crippen LogP contribution in [0.2, 0.25) is 0 Å². The molecule has 2 amide bonds. The second kappa shape index (κ2) is 10.4. The lowest BCUT2D eigenvalue weighted by Crippen LogP contribution is -2.51. The highest BCUT2D eigenvalue weighted by Gasteiger charge is 2.31. The van der Waals surface area contributed by atoms with Crippen molar-refractivity contribution in [1.82, 2.24) is 9.80 Å². The standard InChI is InChI=1S/C25H30FN3O3/c1-17(2)24(27)25(31)28-14-4-5-22(19-8-12-21(32-3)13-9-19)29(23(30)16-28)15-18-6-10-20(26)11-7-18/h4-13,17,22,24H,14-16,27H2,1-3H3/b5-4-/t22-,24-/m1/s1. The summed E-state index contributed by atoms with van der Waals surface area (Å²) in [6.07, 6.45) is 3.81. The summed E-state index contributed by atoms with van der Waals surface area (Å²) < 4.78 is 18.6. The van der Waals surface area contributed by atoms with Gasteiger partial charge in [-0.2, -0.15) is 0 Å². The lowest BCUT2D eigenvalue weighted by atomic mass is 10.0. The maximum atomic E-state index is 13.4. The topological polar surface area (TPSA) is 75.9 Å². The largest absolute Gasteiger partial charge is 0.497 e. The predicted octanol–water partition coefficient (Wildman–Crippen LogP) is 3.29. The number of benzene rings is 2. The van der Waals surface area contributed by atoms with Gasteiger partial charge in [0.25, 0.3) is 0 Å². The Kier molecular flexibility index (Phi) is 7.64. The zero-order valence-corrected chi connectivity index (χ0v) is 18.7. The quantitative estimate of drug-likeness (QED) is 0.701. The highest BCUT2D eigenvalue weighted by Crippen LogP contribution is 2.28. The van der Waals surface area contributed by atoms with Crippen LogP contribution in [0.5, 0.6) is 5.75 Å². The van der Waals surface area contributed by atoms with E-state index in [1.807, 2.05) is 50.3 Å². The molecule has 1 aliphatic rings. The van der Waals surface area contributed by atoms with Crippen LogP contribution in [0.25, 0.3) is 0 Å². The number of carbonyl (C=O) groups excluding carboxylic acids is 2. The van der Waals surface area contributed by atoms with Gasteiger partial charge in [0.1, 0.15) is 18.1 Å². The van der Waals surface area contributed by atoms with E-state index in [1.165, 1.54) is 17.0 Å². The van der Waals surface area contributed by atoms with Gasteiger partial charge in [-0.15, -0.1) is 0 Å². The van der Waals surface area contributed by atoms with E-state index in [2.05, 4.69) is 0 Å². The normalized spacial score (nSPS) is 18.8. The molecule has 170 valence electrons. The summed E-state index contributed by atoms with van der Waals surface area (Å²) in [4.78, 5) is 29.4. The third-order valence-electron chi connectivity index (χ3n) is 5.66. The smallest absolute Gasteiger partial charge is 0.243 e. The molecule has 1 heterocycles.